The summed E-state index contributed by atoms with van der Waals surface area (Å²) >= 11 is 3.52. The zero-order valence-corrected chi connectivity index (χ0v) is 13.2. The van der Waals surface area contributed by atoms with E-state index in [1.165, 1.54) is 8.92 Å². The van der Waals surface area contributed by atoms with Crippen LogP contribution in [-0.4, -0.2) is 24.1 Å². The molecule has 0 unspecified atom stereocenters. The molecular formula is C15H16Se2. The Balaban J connectivity index is 2.55. The number of hydrogen-bond donors (Lipinski definition) is 0. The third-order valence-corrected chi connectivity index (χ3v) is 15.3. The van der Waals surface area contributed by atoms with Gasteiger partial charge in [-0.2, -0.15) is 0 Å². The van der Waals surface area contributed by atoms with E-state index in [1.807, 2.05) is 6.08 Å². The molecule has 0 fully saturated rings. The fraction of sp³-hybridized carbons (Fsp3) is 0.0667. The predicted molar refractivity (Wildman–Crippen MR) is 80.1 cm³/mol. The van der Waals surface area contributed by atoms with Crippen molar-refractivity contribution in [1.82, 2.24) is 0 Å². The average molecular weight is 354 g/mol. The van der Waals surface area contributed by atoms with Crippen molar-refractivity contribution in [1.29, 1.82) is 0 Å². The van der Waals surface area contributed by atoms with Gasteiger partial charge in [0.15, 0.2) is 0 Å². The van der Waals surface area contributed by atoms with Crippen molar-refractivity contribution in [2.24, 2.45) is 0 Å². The molecule has 0 saturated carbocycles. The summed E-state index contributed by atoms with van der Waals surface area (Å²) in [6.07, 6.45) is 2.05. The Bertz CT molecular complexity index is 486. The molecule has 0 aliphatic heterocycles. The van der Waals surface area contributed by atoms with Crippen LogP contribution in [0.3, 0.4) is 0 Å². The normalized spacial score (nSPS) is 12.0. The Morgan fingerprint density at radius 1 is 0.882 bits per heavy atom. The van der Waals surface area contributed by atoms with Gasteiger partial charge in [0, 0.05) is 0 Å². The van der Waals surface area contributed by atoms with E-state index in [1.54, 1.807) is 0 Å². The molecular weight excluding hydrogens is 338 g/mol. The Hall–Kier alpha value is -0.781. The van der Waals surface area contributed by atoms with Crippen LogP contribution >= 0.6 is 0 Å². The summed E-state index contributed by atoms with van der Waals surface area (Å²) in [4.78, 5) is 0. The number of allylic oxidation sites excluding steroid dienone is 1. The molecule has 0 saturated heterocycles. The molecule has 2 aromatic carbocycles. The van der Waals surface area contributed by atoms with E-state index in [9.17, 15) is 0 Å². The van der Waals surface area contributed by atoms with Gasteiger partial charge in [0.25, 0.3) is 0 Å². The van der Waals surface area contributed by atoms with Crippen LogP contribution in [-0.2, 0) is 0 Å². The van der Waals surface area contributed by atoms with E-state index in [4.69, 9.17) is 0 Å². The van der Waals surface area contributed by atoms with E-state index < -0.39 is 10.5 Å². The quantitative estimate of drug-likeness (QED) is 0.581. The second-order valence-corrected chi connectivity index (χ2v) is 16.7. The number of rotatable bonds is 4. The third-order valence-electron chi connectivity index (χ3n) is 2.73. The van der Waals surface area contributed by atoms with Crippen molar-refractivity contribution >= 4 is 33.1 Å². The SMILES string of the molecule is C=CC[SeH](=[Se])(c1ccccc1)c1ccccc1. The second kappa shape index (κ2) is 5.71. The van der Waals surface area contributed by atoms with Gasteiger partial charge in [0.2, 0.25) is 0 Å². The summed E-state index contributed by atoms with van der Waals surface area (Å²) in [5, 5.41) is 1.06. The fourth-order valence-electron chi connectivity index (χ4n) is 1.88. The van der Waals surface area contributed by atoms with Gasteiger partial charge < -0.3 is 0 Å². The van der Waals surface area contributed by atoms with Gasteiger partial charge in [-0.15, -0.1) is 0 Å². The van der Waals surface area contributed by atoms with Gasteiger partial charge in [-0.1, -0.05) is 0 Å². The molecule has 0 amide bonds. The van der Waals surface area contributed by atoms with Crippen LogP contribution in [0.1, 0.15) is 0 Å². The van der Waals surface area contributed by atoms with Crippen LogP contribution in [0, 0.1) is 0 Å². The van der Waals surface area contributed by atoms with Gasteiger partial charge in [0.1, 0.15) is 0 Å². The molecule has 0 spiro atoms. The minimum atomic E-state index is -2.13. The van der Waals surface area contributed by atoms with Gasteiger partial charge in [-0.25, -0.2) is 0 Å². The summed E-state index contributed by atoms with van der Waals surface area (Å²) in [7, 11) is -2.13. The van der Waals surface area contributed by atoms with E-state index in [0.29, 0.717) is 0 Å². The average Bonchev–Trinajstić information content (AvgIpc) is 2.41. The molecule has 17 heavy (non-hydrogen) atoms. The van der Waals surface area contributed by atoms with Crippen molar-refractivity contribution in [2.45, 2.75) is 5.32 Å². The molecule has 0 nitrogen and oxygen atoms in total. The zero-order valence-electron chi connectivity index (χ0n) is 9.62. The van der Waals surface area contributed by atoms with Crippen LogP contribution in [0.15, 0.2) is 73.3 Å². The first kappa shape index (κ1) is 12.7. The molecule has 0 aliphatic carbocycles. The van der Waals surface area contributed by atoms with Crippen molar-refractivity contribution in [3.8, 4) is 0 Å². The Morgan fingerprint density at radius 3 is 1.65 bits per heavy atom. The fourth-order valence-corrected chi connectivity index (χ4v) is 10.7. The molecule has 0 atom stereocenters. The molecule has 0 aromatic heterocycles. The first-order chi connectivity index (χ1) is 8.27. The number of hydrogen-bond acceptors (Lipinski definition) is 0. The van der Waals surface area contributed by atoms with Crippen molar-refractivity contribution in [2.75, 3.05) is 0 Å². The van der Waals surface area contributed by atoms with Crippen molar-refractivity contribution in [3.05, 3.63) is 73.3 Å². The maximum absolute atomic E-state index is 3.92. The molecule has 2 rings (SSSR count). The molecule has 0 bridgehead atoms. The van der Waals surface area contributed by atoms with E-state index in [-0.39, 0.29) is 0 Å². The summed E-state index contributed by atoms with van der Waals surface area (Å²) in [6.45, 7) is 3.92. The Labute approximate surface area is 111 Å². The summed E-state index contributed by atoms with van der Waals surface area (Å²) in [5.41, 5.74) is 0. The summed E-state index contributed by atoms with van der Waals surface area (Å²) in [6, 6.07) is 21.6. The van der Waals surface area contributed by atoms with Gasteiger partial charge >= 0.3 is 112 Å². The molecule has 0 N–H and O–H groups in total. The molecule has 2 aromatic rings. The molecule has 0 aliphatic rings. The van der Waals surface area contributed by atoms with E-state index in [0.717, 1.165) is 5.32 Å². The monoisotopic (exact) mass is 356 g/mol. The standard InChI is InChI=1S/C15H16Se2/c1-2-13-17(16,14-9-5-3-6-10-14)15-11-7-4-8-12-15/h2-12,17H,1,13H2. The third kappa shape index (κ3) is 2.73. The zero-order chi connectivity index (χ0) is 12.1. The number of benzene rings is 2. The molecule has 0 radical (unpaired) electrons. The van der Waals surface area contributed by atoms with Gasteiger partial charge in [-0.3, -0.25) is 0 Å². The van der Waals surface area contributed by atoms with Crippen molar-refractivity contribution in [3.63, 3.8) is 0 Å². The van der Waals surface area contributed by atoms with Crippen molar-refractivity contribution < 1.29 is 0 Å². The van der Waals surface area contributed by atoms with Crippen LogP contribution < -0.4 is 8.92 Å². The van der Waals surface area contributed by atoms with E-state index >= 15 is 0 Å². The summed E-state index contributed by atoms with van der Waals surface area (Å²) < 4.78 is 2.91. The maximum atomic E-state index is 3.92. The van der Waals surface area contributed by atoms with Crippen LogP contribution in [0.4, 0.5) is 0 Å². The molecule has 88 valence electrons. The van der Waals surface area contributed by atoms with Crippen LogP contribution in [0.25, 0.3) is 0 Å². The molecule has 2 heteroatoms. The van der Waals surface area contributed by atoms with Gasteiger partial charge in [0.05, 0.1) is 0 Å². The van der Waals surface area contributed by atoms with Crippen LogP contribution in [0.2, 0.25) is 5.32 Å². The topological polar surface area (TPSA) is 0 Å². The molecule has 0 heterocycles. The Kier molecular flexibility index (Phi) is 4.25. The van der Waals surface area contributed by atoms with Crippen LogP contribution in [0.5, 0.6) is 0 Å². The second-order valence-electron chi connectivity index (χ2n) is 3.88. The summed E-state index contributed by atoms with van der Waals surface area (Å²) in [5.74, 6) is 0. The Morgan fingerprint density at radius 2 is 1.29 bits per heavy atom. The first-order valence-electron chi connectivity index (χ1n) is 5.58. The van der Waals surface area contributed by atoms with Gasteiger partial charge in [-0.05, 0) is 0 Å². The predicted octanol–water partition coefficient (Wildman–Crippen LogP) is 1.83. The first-order valence-corrected chi connectivity index (χ1v) is 13.5. The minimum absolute atomic E-state index is 1.06. The van der Waals surface area contributed by atoms with E-state index in [2.05, 4.69) is 80.9 Å².